The number of ether oxygens (including phenoxy) is 1. The highest BCUT2D eigenvalue weighted by Gasteiger charge is 2.38. The third-order valence-electron chi connectivity index (χ3n) is 3.42. The molecular weight excluding hydrogens is 292 g/mol. The van der Waals surface area contributed by atoms with Crippen molar-refractivity contribution in [3.8, 4) is 16.9 Å². The van der Waals surface area contributed by atoms with Crippen LogP contribution in [0.5, 0.6) is 5.75 Å². The molecule has 1 fully saturated rings. The number of hydrogen-bond donors (Lipinski definition) is 3. The zero-order valence-corrected chi connectivity index (χ0v) is 11.9. The molecule has 1 aromatic heterocycles. The van der Waals surface area contributed by atoms with E-state index in [0.717, 1.165) is 11.1 Å². The monoisotopic (exact) mass is 308 g/mol. The van der Waals surface area contributed by atoms with Gasteiger partial charge in [-0.05, 0) is 12.1 Å². The minimum atomic E-state index is -1.20. The fourth-order valence-electron chi connectivity index (χ4n) is 2.23. The van der Waals surface area contributed by atoms with Crippen molar-refractivity contribution in [3.05, 3.63) is 42.9 Å². The summed E-state index contributed by atoms with van der Waals surface area (Å²) in [4.78, 5) is 0. The summed E-state index contributed by atoms with van der Waals surface area (Å²) in [6.07, 6.45) is -0.0794. The lowest BCUT2D eigenvalue weighted by molar-refractivity contribution is -0.0785. The van der Waals surface area contributed by atoms with Crippen molar-refractivity contribution < 1.29 is 24.5 Å². The summed E-state index contributed by atoms with van der Waals surface area (Å²) < 4.78 is 10.9. The van der Waals surface area contributed by atoms with Crippen molar-refractivity contribution in [2.24, 2.45) is 0 Å². The number of rotatable bonds is 3. The number of hydrogen-bond acceptors (Lipinski definition) is 6. The van der Waals surface area contributed by atoms with Gasteiger partial charge in [0.25, 0.3) is 0 Å². The summed E-state index contributed by atoms with van der Waals surface area (Å²) in [5, 5.41) is 29.3. The Hall–Kier alpha value is -1.47. The number of para-hydroxylation sites is 1. The molecule has 2 aromatic rings. The van der Waals surface area contributed by atoms with E-state index in [2.05, 4.69) is 0 Å². The summed E-state index contributed by atoms with van der Waals surface area (Å²) in [6, 6.07) is 9.24. The molecule has 0 saturated carbocycles. The number of aliphatic hydroxyl groups excluding tert-OH is 3. The minimum Gasteiger partial charge on any atom is -0.476 e. The Morgan fingerprint density at radius 1 is 1.10 bits per heavy atom. The van der Waals surface area contributed by atoms with Crippen LogP contribution in [0.3, 0.4) is 0 Å². The topological polar surface area (TPSA) is 83.1 Å². The summed E-state index contributed by atoms with van der Waals surface area (Å²) in [5.41, 5.74) is 1.09. The van der Waals surface area contributed by atoms with Gasteiger partial charge in [-0.25, -0.2) is 0 Å². The van der Waals surface area contributed by atoms with Crippen LogP contribution < -0.4 is 4.74 Å². The van der Waals surface area contributed by atoms with Gasteiger partial charge >= 0.3 is 0 Å². The Morgan fingerprint density at radius 3 is 2.67 bits per heavy atom. The Labute approximate surface area is 126 Å². The maximum Gasteiger partial charge on any atom is 0.173 e. The maximum atomic E-state index is 10.0. The second-order valence-corrected chi connectivity index (χ2v) is 6.01. The first kappa shape index (κ1) is 14.5. The molecule has 6 heteroatoms. The van der Waals surface area contributed by atoms with E-state index in [9.17, 15) is 15.3 Å². The molecule has 4 atom stereocenters. The van der Waals surface area contributed by atoms with E-state index in [1.807, 2.05) is 24.3 Å². The second-order valence-electron chi connectivity index (χ2n) is 4.88. The molecule has 1 saturated heterocycles. The number of furan rings is 1. The first-order valence-corrected chi connectivity index (χ1v) is 7.66. The van der Waals surface area contributed by atoms with E-state index in [0.29, 0.717) is 11.5 Å². The molecule has 0 aliphatic carbocycles. The third-order valence-corrected chi connectivity index (χ3v) is 4.65. The van der Waals surface area contributed by atoms with Crippen molar-refractivity contribution in [3.63, 3.8) is 0 Å². The molecule has 2 heterocycles. The van der Waals surface area contributed by atoms with Crippen LogP contribution in [0.1, 0.15) is 0 Å². The average Bonchev–Trinajstić information content (AvgIpc) is 3.02. The lowest BCUT2D eigenvalue weighted by Crippen LogP contribution is -2.50. The second kappa shape index (κ2) is 6.11. The highest BCUT2D eigenvalue weighted by molar-refractivity contribution is 7.99. The molecular formula is C15H16O5S. The summed E-state index contributed by atoms with van der Waals surface area (Å²) >= 11 is 1.28. The first-order chi connectivity index (χ1) is 10.2. The van der Waals surface area contributed by atoms with E-state index < -0.39 is 23.7 Å². The van der Waals surface area contributed by atoms with Gasteiger partial charge in [-0.2, -0.15) is 0 Å². The molecule has 0 amide bonds. The van der Waals surface area contributed by atoms with E-state index in [4.69, 9.17) is 9.15 Å². The van der Waals surface area contributed by atoms with E-state index in [1.54, 1.807) is 18.6 Å². The summed E-state index contributed by atoms with van der Waals surface area (Å²) in [6.45, 7) is 0. The zero-order chi connectivity index (χ0) is 14.8. The fourth-order valence-corrected chi connectivity index (χ4v) is 3.35. The van der Waals surface area contributed by atoms with Gasteiger partial charge in [0.2, 0.25) is 0 Å². The van der Waals surface area contributed by atoms with Gasteiger partial charge in [0.1, 0.15) is 18.0 Å². The van der Waals surface area contributed by atoms with Gasteiger partial charge in [-0.1, -0.05) is 18.2 Å². The third kappa shape index (κ3) is 2.94. The van der Waals surface area contributed by atoms with Crippen molar-refractivity contribution in [2.45, 2.75) is 23.7 Å². The Morgan fingerprint density at radius 2 is 1.90 bits per heavy atom. The molecule has 1 aliphatic heterocycles. The molecule has 5 nitrogen and oxygen atoms in total. The Bertz CT molecular complexity index is 586. The summed E-state index contributed by atoms with van der Waals surface area (Å²) in [7, 11) is 0. The molecule has 1 aliphatic rings. The smallest absolute Gasteiger partial charge is 0.173 e. The first-order valence-electron chi connectivity index (χ1n) is 6.61. The van der Waals surface area contributed by atoms with E-state index in [1.165, 1.54) is 11.8 Å². The minimum absolute atomic E-state index is 0.316. The van der Waals surface area contributed by atoms with Gasteiger partial charge < -0.3 is 24.5 Å². The van der Waals surface area contributed by atoms with E-state index in [-0.39, 0.29) is 0 Å². The van der Waals surface area contributed by atoms with Crippen LogP contribution >= 0.6 is 11.8 Å². The van der Waals surface area contributed by atoms with Crippen LogP contribution in [-0.4, -0.2) is 44.8 Å². The molecule has 0 radical (unpaired) electrons. The SMILES string of the molecule is O[C@@H]1[C@@H](O)[C@H](Oc2ccccc2-c2ccoc2)SC[C@H]1O. The maximum absolute atomic E-state index is 10.0. The van der Waals surface area contributed by atoms with Crippen LogP contribution in [0.25, 0.3) is 11.1 Å². The van der Waals surface area contributed by atoms with Crippen molar-refractivity contribution >= 4 is 11.8 Å². The molecule has 3 rings (SSSR count). The highest BCUT2D eigenvalue weighted by atomic mass is 32.2. The van der Waals surface area contributed by atoms with E-state index >= 15 is 0 Å². The predicted octanol–water partition coefficient (Wildman–Crippen LogP) is 1.48. The lowest BCUT2D eigenvalue weighted by Gasteiger charge is -2.34. The standard InChI is InChI=1S/C15H16O5S/c16-11-8-21-15(14(18)13(11)17)20-12-4-2-1-3-10(12)9-5-6-19-7-9/h1-7,11,13-18H,8H2/t11-,13+,14-,15-/m1/s1. The molecule has 0 spiro atoms. The van der Waals surface area contributed by atoms with Crippen LogP contribution in [0, 0.1) is 0 Å². The quantitative estimate of drug-likeness (QED) is 0.797. The molecule has 112 valence electrons. The largest absolute Gasteiger partial charge is 0.476 e. The number of benzene rings is 1. The van der Waals surface area contributed by atoms with Gasteiger partial charge in [0, 0.05) is 16.9 Å². The van der Waals surface area contributed by atoms with Crippen LogP contribution in [0.2, 0.25) is 0 Å². The van der Waals surface area contributed by atoms with Crippen molar-refractivity contribution in [1.29, 1.82) is 0 Å². The fraction of sp³-hybridized carbons (Fsp3) is 0.333. The molecule has 1 aromatic carbocycles. The predicted molar refractivity (Wildman–Crippen MR) is 79.0 cm³/mol. The van der Waals surface area contributed by atoms with Gasteiger partial charge in [0.05, 0.1) is 18.6 Å². The van der Waals surface area contributed by atoms with Gasteiger partial charge in [0.15, 0.2) is 5.44 Å². The zero-order valence-electron chi connectivity index (χ0n) is 11.1. The molecule has 0 bridgehead atoms. The number of aliphatic hydroxyl groups is 3. The Kier molecular flexibility index (Phi) is 4.21. The highest BCUT2D eigenvalue weighted by Crippen LogP contribution is 2.35. The molecule has 3 N–H and O–H groups in total. The van der Waals surface area contributed by atoms with Gasteiger partial charge in [-0.15, -0.1) is 11.8 Å². The molecule has 0 unspecified atom stereocenters. The van der Waals surface area contributed by atoms with Crippen LogP contribution in [0.15, 0.2) is 47.3 Å². The van der Waals surface area contributed by atoms with Crippen molar-refractivity contribution in [2.75, 3.05) is 5.75 Å². The Balaban J connectivity index is 1.83. The number of thioether (sulfide) groups is 1. The van der Waals surface area contributed by atoms with Crippen LogP contribution in [0.4, 0.5) is 0 Å². The molecule has 21 heavy (non-hydrogen) atoms. The average molecular weight is 308 g/mol. The van der Waals surface area contributed by atoms with Gasteiger partial charge in [-0.3, -0.25) is 0 Å². The lowest BCUT2D eigenvalue weighted by atomic mass is 10.1. The van der Waals surface area contributed by atoms with Crippen LogP contribution in [-0.2, 0) is 0 Å². The normalized spacial score (nSPS) is 29.3. The summed E-state index contributed by atoms with van der Waals surface area (Å²) in [5.74, 6) is 0.913. The van der Waals surface area contributed by atoms with Crippen molar-refractivity contribution in [1.82, 2.24) is 0 Å².